The average Bonchev–Trinajstić information content (AvgIpc) is 2.77. The SMILES string of the molecule is Cc1ccc(CNCCCN2CCC(C)CC2)s1. The first-order valence-corrected chi connectivity index (χ1v) is 8.04. The molecule has 1 aromatic rings. The topological polar surface area (TPSA) is 15.3 Å². The van der Waals surface area contributed by atoms with E-state index in [-0.39, 0.29) is 0 Å². The summed E-state index contributed by atoms with van der Waals surface area (Å²) in [6.07, 6.45) is 4.06. The smallest absolute Gasteiger partial charge is 0.0299 e. The van der Waals surface area contributed by atoms with Crippen molar-refractivity contribution < 1.29 is 0 Å². The van der Waals surface area contributed by atoms with Gasteiger partial charge in [-0.1, -0.05) is 6.92 Å². The summed E-state index contributed by atoms with van der Waals surface area (Å²) in [5.74, 6) is 0.946. The minimum atomic E-state index is 0.946. The molecular formula is C15H26N2S. The van der Waals surface area contributed by atoms with Crippen LogP contribution in [0.4, 0.5) is 0 Å². The molecule has 1 N–H and O–H groups in total. The maximum Gasteiger partial charge on any atom is 0.0299 e. The molecule has 102 valence electrons. The number of aryl methyl sites for hydroxylation is 1. The van der Waals surface area contributed by atoms with Crippen molar-refractivity contribution in [3.8, 4) is 0 Å². The van der Waals surface area contributed by atoms with E-state index in [9.17, 15) is 0 Å². The number of hydrogen-bond donors (Lipinski definition) is 1. The Morgan fingerprint density at radius 3 is 2.78 bits per heavy atom. The Balaban J connectivity index is 1.51. The van der Waals surface area contributed by atoms with Gasteiger partial charge in [0, 0.05) is 16.3 Å². The van der Waals surface area contributed by atoms with Gasteiger partial charge < -0.3 is 10.2 Å². The predicted octanol–water partition coefficient (Wildman–Crippen LogP) is 3.27. The lowest BCUT2D eigenvalue weighted by molar-refractivity contribution is 0.190. The highest BCUT2D eigenvalue weighted by Gasteiger charge is 2.14. The fourth-order valence-corrected chi connectivity index (χ4v) is 3.37. The molecule has 3 heteroatoms. The molecule has 2 nitrogen and oxygen atoms in total. The highest BCUT2D eigenvalue weighted by Crippen LogP contribution is 2.16. The Kier molecular flexibility index (Phi) is 5.67. The monoisotopic (exact) mass is 266 g/mol. The first kappa shape index (κ1) is 14.0. The summed E-state index contributed by atoms with van der Waals surface area (Å²) in [6.45, 7) is 10.6. The Bertz CT molecular complexity index is 340. The largest absolute Gasteiger partial charge is 0.312 e. The summed E-state index contributed by atoms with van der Waals surface area (Å²) >= 11 is 1.90. The van der Waals surface area contributed by atoms with Crippen molar-refractivity contribution in [3.05, 3.63) is 21.9 Å². The van der Waals surface area contributed by atoms with Gasteiger partial charge >= 0.3 is 0 Å². The molecule has 0 atom stereocenters. The van der Waals surface area contributed by atoms with Crippen molar-refractivity contribution in [2.75, 3.05) is 26.2 Å². The zero-order chi connectivity index (χ0) is 12.8. The second kappa shape index (κ2) is 7.27. The van der Waals surface area contributed by atoms with Crippen LogP contribution in [-0.4, -0.2) is 31.1 Å². The molecule has 0 bridgehead atoms. The summed E-state index contributed by atoms with van der Waals surface area (Å²) in [4.78, 5) is 5.49. The van der Waals surface area contributed by atoms with E-state index in [2.05, 4.69) is 36.2 Å². The molecule has 1 aromatic heterocycles. The molecule has 0 amide bonds. The van der Waals surface area contributed by atoms with Crippen LogP contribution in [-0.2, 0) is 6.54 Å². The van der Waals surface area contributed by atoms with Gasteiger partial charge in [0.25, 0.3) is 0 Å². The number of rotatable bonds is 6. The van der Waals surface area contributed by atoms with Crippen molar-refractivity contribution >= 4 is 11.3 Å². The Morgan fingerprint density at radius 1 is 1.33 bits per heavy atom. The Hall–Kier alpha value is -0.380. The summed E-state index contributed by atoms with van der Waals surface area (Å²) < 4.78 is 0. The number of nitrogens with one attached hydrogen (secondary N) is 1. The fourth-order valence-electron chi connectivity index (χ4n) is 2.51. The molecule has 2 rings (SSSR count). The predicted molar refractivity (Wildman–Crippen MR) is 80.2 cm³/mol. The maximum absolute atomic E-state index is 3.55. The summed E-state index contributed by atoms with van der Waals surface area (Å²) in [5.41, 5.74) is 0. The number of piperidine rings is 1. The van der Waals surface area contributed by atoms with E-state index in [1.807, 2.05) is 11.3 Å². The van der Waals surface area contributed by atoms with Gasteiger partial charge in [-0.2, -0.15) is 0 Å². The zero-order valence-electron chi connectivity index (χ0n) is 11.7. The second-order valence-corrected chi connectivity index (χ2v) is 6.94. The van der Waals surface area contributed by atoms with Crippen LogP contribution in [0, 0.1) is 12.8 Å². The van der Waals surface area contributed by atoms with E-state index >= 15 is 0 Å². The van der Waals surface area contributed by atoms with E-state index in [1.165, 1.54) is 48.7 Å². The zero-order valence-corrected chi connectivity index (χ0v) is 12.6. The van der Waals surface area contributed by atoms with E-state index in [4.69, 9.17) is 0 Å². The van der Waals surface area contributed by atoms with Crippen LogP contribution in [0.3, 0.4) is 0 Å². The van der Waals surface area contributed by atoms with Gasteiger partial charge in [0.2, 0.25) is 0 Å². The molecule has 0 saturated carbocycles. The average molecular weight is 266 g/mol. The normalized spacial score (nSPS) is 18.3. The molecule has 0 aliphatic carbocycles. The lowest BCUT2D eigenvalue weighted by Gasteiger charge is -2.30. The van der Waals surface area contributed by atoms with Crippen LogP contribution in [0.2, 0.25) is 0 Å². The minimum Gasteiger partial charge on any atom is -0.312 e. The van der Waals surface area contributed by atoms with Gasteiger partial charge in [0.15, 0.2) is 0 Å². The van der Waals surface area contributed by atoms with Crippen molar-refractivity contribution in [2.24, 2.45) is 5.92 Å². The summed E-state index contributed by atoms with van der Waals surface area (Å²) in [7, 11) is 0. The molecular weight excluding hydrogens is 240 g/mol. The molecule has 0 aromatic carbocycles. The van der Waals surface area contributed by atoms with Gasteiger partial charge in [-0.15, -0.1) is 11.3 Å². The van der Waals surface area contributed by atoms with Gasteiger partial charge in [-0.3, -0.25) is 0 Å². The standard InChI is InChI=1S/C15H26N2S/c1-13-6-10-17(11-7-13)9-3-8-16-12-15-5-4-14(2)18-15/h4-5,13,16H,3,6-12H2,1-2H3. The third kappa shape index (κ3) is 4.71. The summed E-state index contributed by atoms with van der Waals surface area (Å²) in [5, 5.41) is 3.55. The van der Waals surface area contributed by atoms with Gasteiger partial charge in [0.05, 0.1) is 0 Å². The Labute approximate surface area is 115 Å². The van der Waals surface area contributed by atoms with Crippen LogP contribution < -0.4 is 5.32 Å². The molecule has 0 radical (unpaired) electrons. The van der Waals surface area contributed by atoms with Crippen LogP contribution >= 0.6 is 11.3 Å². The minimum absolute atomic E-state index is 0.946. The van der Waals surface area contributed by atoms with Gasteiger partial charge in [-0.05, 0) is 70.4 Å². The van der Waals surface area contributed by atoms with Crippen LogP contribution in [0.1, 0.15) is 35.9 Å². The highest BCUT2D eigenvalue weighted by atomic mass is 32.1. The molecule has 0 unspecified atom stereocenters. The third-order valence-electron chi connectivity index (χ3n) is 3.80. The van der Waals surface area contributed by atoms with Crippen LogP contribution in [0.25, 0.3) is 0 Å². The lowest BCUT2D eigenvalue weighted by atomic mass is 9.99. The molecule has 2 heterocycles. The Morgan fingerprint density at radius 2 is 2.11 bits per heavy atom. The number of hydrogen-bond acceptors (Lipinski definition) is 3. The van der Waals surface area contributed by atoms with Gasteiger partial charge in [-0.25, -0.2) is 0 Å². The second-order valence-electron chi connectivity index (χ2n) is 5.57. The molecule has 0 spiro atoms. The van der Waals surface area contributed by atoms with E-state index in [0.717, 1.165) is 19.0 Å². The number of nitrogens with zero attached hydrogens (tertiary/aromatic N) is 1. The van der Waals surface area contributed by atoms with E-state index in [1.54, 1.807) is 0 Å². The number of likely N-dealkylation sites (tertiary alicyclic amines) is 1. The highest BCUT2D eigenvalue weighted by molar-refractivity contribution is 7.11. The van der Waals surface area contributed by atoms with Crippen LogP contribution in [0.5, 0.6) is 0 Å². The fraction of sp³-hybridized carbons (Fsp3) is 0.733. The van der Waals surface area contributed by atoms with E-state index in [0.29, 0.717) is 0 Å². The molecule has 1 aliphatic heterocycles. The van der Waals surface area contributed by atoms with E-state index < -0.39 is 0 Å². The third-order valence-corrected chi connectivity index (χ3v) is 4.80. The first-order chi connectivity index (χ1) is 8.74. The number of thiophene rings is 1. The van der Waals surface area contributed by atoms with Crippen molar-refractivity contribution in [3.63, 3.8) is 0 Å². The van der Waals surface area contributed by atoms with Crippen LogP contribution in [0.15, 0.2) is 12.1 Å². The molecule has 1 aliphatic rings. The summed E-state index contributed by atoms with van der Waals surface area (Å²) in [6, 6.07) is 4.44. The quantitative estimate of drug-likeness (QED) is 0.795. The first-order valence-electron chi connectivity index (χ1n) is 7.22. The maximum atomic E-state index is 3.55. The van der Waals surface area contributed by atoms with Crippen molar-refractivity contribution in [1.29, 1.82) is 0 Å². The van der Waals surface area contributed by atoms with Crippen molar-refractivity contribution in [1.82, 2.24) is 10.2 Å². The lowest BCUT2D eigenvalue weighted by Crippen LogP contribution is -2.34. The molecule has 1 saturated heterocycles. The van der Waals surface area contributed by atoms with Gasteiger partial charge in [0.1, 0.15) is 0 Å². The molecule has 18 heavy (non-hydrogen) atoms. The van der Waals surface area contributed by atoms with Crippen molar-refractivity contribution in [2.45, 2.75) is 39.7 Å². The molecule has 1 fully saturated rings.